The second kappa shape index (κ2) is 28.5. The van der Waals surface area contributed by atoms with E-state index < -0.39 is 0 Å². The van der Waals surface area contributed by atoms with Gasteiger partial charge in [-0.05, 0) is 0 Å². The molecule has 5 heavy (non-hydrogen) atoms. The zero-order valence-corrected chi connectivity index (χ0v) is 7.88. The second-order valence-corrected chi connectivity index (χ2v) is 0. The van der Waals surface area contributed by atoms with E-state index in [1.54, 1.807) is 0 Å². The topological polar surface area (TPSA) is 0 Å². The van der Waals surface area contributed by atoms with Crippen LogP contribution >= 0.6 is 0 Å². The first-order valence-corrected chi connectivity index (χ1v) is 2.69. The van der Waals surface area contributed by atoms with E-state index in [1.165, 1.54) is 0 Å². The Morgan fingerprint density at radius 2 is 1.20 bits per heavy atom. The van der Waals surface area contributed by atoms with Crippen molar-refractivity contribution in [2.45, 2.75) is 0 Å². The van der Waals surface area contributed by atoms with Crippen molar-refractivity contribution in [1.82, 2.24) is 0 Å². The van der Waals surface area contributed by atoms with Gasteiger partial charge >= 0.3 is 93.1 Å². The monoisotopic (exact) mass is 277 g/mol. The van der Waals surface area contributed by atoms with Gasteiger partial charge in [-0.15, -0.1) is 0 Å². The molecule has 0 fully saturated rings. The molecule has 0 nitrogen and oxygen atoms in total. The zero-order chi connectivity index (χ0) is 4.00. The summed E-state index contributed by atoms with van der Waals surface area (Å²) in [4.78, 5) is 0. The molecule has 0 radical (unpaired) electrons. The quantitative estimate of drug-likeness (QED) is 0.555. The van der Waals surface area contributed by atoms with E-state index in [0.29, 0.717) is 0 Å². The fourth-order valence-electron chi connectivity index (χ4n) is 0. The first-order chi connectivity index (χ1) is 2.00. The van der Waals surface area contributed by atoms with Crippen LogP contribution in [0.4, 0.5) is 2.94 Å². The van der Waals surface area contributed by atoms with E-state index in [1.807, 2.05) is 0 Å². The van der Waals surface area contributed by atoms with Gasteiger partial charge < -0.3 is 0 Å². The van der Waals surface area contributed by atoms with Crippen molar-refractivity contribution in [2.24, 2.45) is 0 Å². The molecule has 0 amide bonds. The molecule has 0 unspecified atom stereocenters. The Bertz CT molecular complexity index is 9.61. The maximum absolute atomic E-state index is 9.64. The van der Waals surface area contributed by atoms with E-state index in [4.69, 9.17) is 0 Å². The fraction of sp³-hybridized carbons (Fsp3) is 0. The fourth-order valence-corrected chi connectivity index (χ4v) is 0. The average molecular weight is 279 g/mol. The minimum atomic E-state index is -0.194. The SMILES string of the molecule is [F][Nd].[F][Y].[LiH]. The number of hydrogen-bond acceptors (Lipinski definition) is 0. The van der Waals surface area contributed by atoms with Crippen LogP contribution in [-0.2, 0) is 31.7 Å². The number of rotatable bonds is 0. The third kappa shape index (κ3) is 19.7. The molecule has 0 aliphatic rings. The van der Waals surface area contributed by atoms with Crippen molar-refractivity contribution in [3.63, 3.8) is 0 Å². The molecule has 23 valence electrons. The van der Waals surface area contributed by atoms with E-state index in [2.05, 4.69) is 0 Å². The summed E-state index contributed by atoms with van der Waals surface area (Å²) in [5, 5.41) is 0. The summed E-state index contributed by atoms with van der Waals surface area (Å²) >= 11 is -0.344. The molecule has 0 atom stereocenters. The Labute approximate surface area is 90.8 Å². The van der Waals surface area contributed by atoms with Crippen LogP contribution in [0.15, 0.2) is 0 Å². The molecule has 0 heterocycles. The van der Waals surface area contributed by atoms with Gasteiger partial charge in [0.1, 0.15) is 0 Å². The average Bonchev–Trinajstić information content (AvgIpc) is 1.50. The van der Waals surface area contributed by atoms with Crippen LogP contribution in [0.1, 0.15) is 0 Å². The second-order valence-electron chi connectivity index (χ2n) is 0. The molecule has 0 saturated heterocycles. The Morgan fingerprint density at radius 1 is 1.20 bits per heavy atom. The third-order valence-electron chi connectivity index (χ3n) is 0. The molecule has 0 aliphatic carbocycles. The molecule has 0 spiro atoms. The van der Waals surface area contributed by atoms with Crippen LogP contribution in [0.2, 0.25) is 0 Å². The van der Waals surface area contributed by atoms with Crippen molar-refractivity contribution < 1.29 is 74.2 Å². The van der Waals surface area contributed by atoms with Gasteiger partial charge in [-0.25, -0.2) is 0 Å². The Morgan fingerprint density at radius 3 is 1.20 bits per heavy atom. The van der Waals surface area contributed by atoms with Crippen LogP contribution in [-0.4, -0.2) is 18.9 Å². The summed E-state index contributed by atoms with van der Waals surface area (Å²) in [5.74, 6) is 0. The summed E-state index contributed by atoms with van der Waals surface area (Å²) in [6, 6.07) is 0. The van der Waals surface area contributed by atoms with E-state index in [0.717, 1.165) is 0 Å². The molecule has 0 N–H and O–H groups in total. The van der Waals surface area contributed by atoms with Gasteiger partial charge in [0.2, 0.25) is 0 Å². The van der Waals surface area contributed by atoms with Crippen LogP contribution in [0.3, 0.4) is 0 Å². The molecule has 0 saturated carbocycles. The predicted octanol–water partition coefficient (Wildman–Crippen LogP) is 0.189. The molecule has 0 rings (SSSR count). The Hall–Kier alpha value is 2.91. The summed E-state index contributed by atoms with van der Waals surface area (Å²) in [6.45, 7) is 0. The van der Waals surface area contributed by atoms with Crippen LogP contribution < -0.4 is 0 Å². The van der Waals surface area contributed by atoms with E-state index in [9.17, 15) is 2.94 Å². The van der Waals surface area contributed by atoms with Crippen LogP contribution in [0.25, 0.3) is 0 Å². The summed E-state index contributed by atoms with van der Waals surface area (Å²) in [5.41, 5.74) is 0. The maximum atomic E-state index is 9.64. The summed E-state index contributed by atoms with van der Waals surface area (Å²) in [7, 11) is 0. The molecule has 0 bridgehead atoms. The first-order valence-electron chi connectivity index (χ1n) is 0.407. The van der Waals surface area contributed by atoms with E-state index in [-0.39, 0.29) is 90.1 Å². The predicted molar refractivity (Wildman–Crippen MR) is 9.37 cm³/mol. The molecule has 0 aromatic carbocycles. The minimum absolute atomic E-state index is 0. The van der Waals surface area contributed by atoms with Gasteiger partial charge in [0, 0.05) is 0 Å². The third-order valence-corrected chi connectivity index (χ3v) is 0. The number of hydrogen-bond donors (Lipinski definition) is 0. The molecular formula is HF2LiNdY. The van der Waals surface area contributed by atoms with Gasteiger partial charge in [0.25, 0.3) is 0 Å². The van der Waals surface area contributed by atoms with Gasteiger partial charge in [-0.3, -0.25) is 0 Å². The van der Waals surface area contributed by atoms with Crippen molar-refractivity contribution in [3.05, 3.63) is 0 Å². The van der Waals surface area contributed by atoms with Gasteiger partial charge in [-0.2, -0.15) is 0 Å². The van der Waals surface area contributed by atoms with E-state index >= 15 is 0 Å². The molecule has 0 aliphatic heterocycles. The Balaban J connectivity index is -0.0000000133. The van der Waals surface area contributed by atoms with Gasteiger partial charge in [-0.1, -0.05) is 0 Å². The normalized spacial score (nSPS) is 1.60. The van der Waals surface area contributed by atoms with Crippen LogP contribution in [0.5, 0.6) is 0 Å². The van der Waals surface area contributed by atoms with Crippen molar-refractivity contribution in [1.29, 1.82) is 0 Å². The Kier molecular flexibility index (Phi) is 89.3. The van der Waals surface area contributed by atoms with Crippen molar-refractivity contribution in [2.75, 3.05) is 0 Å². The number of halogens is 2. The van der Waals surface area contributed by atoms with Gasteiger partial charge in [0.05, 0.1) is 0 Å². The first kappa shape index (κ1) is 15.7. The standard InChI is InChI=1S/2FH.Li.Nd.Y.H/h2*1H;;;;/q;;;2*+1;/p-2. The van der Waals surface area contributed by atoms with Crippen molar-refractivity contribution in [3.8, 4) is 0 Å². The molecule has 5 heteroatoms. The van der Waals surface area contributed by atoms with Crippen LogP contribution in [0, 0.1) is 39.6 Å². The molecule has 0 aromatic heterocycles. The van der Waals surface area contributed by atoms with Gasteiger partial charge in [0.15, 0.2) is 0 Å². The molecular weight excluding hydrogens is 278 g/mol. The summed E-state index contributed by atoms with van der Waals surface area (Å²) in [6.07, 6.45) is 0. The van der Waals surface area contributed by atoms with Crippen molar-refractivity contribution >= 4 is 18.9 Å². The summed E-state index contributed by atoms with van der Waals surface area (Å²) < 4.78 is 19.3. The molecule has 0 aromatic rings. The zero-order valence-electron chi connectivity index (χ0n) is 1.83.